The quantitative estimate of drug-likeness (QED) is 0.834. The first kappa shape index (κ1) is 19.2. The summed E-state index contributed by atoms with van der Waals surface area (Å²) in [4.78, 5) is 27.3. The molecular formula is C21H29ClN2O2. The molecule has 1 aromatic carbocycles. The maximum absolute atomic E-state index is 12.7. The number of nitrogens with zero attached hydrogens (tertiary/aromatic N) is 1. The van der Waals surface area contributed by atoms with E-state index in [0.29, 0.717) is 16.8 Å². The molecule has 0 bridgehead atoms. The van der Waals surface area contributed by atoms with Gasteiger partial charge in [0.1, 0.15) is 0 Å². The summed E-state index contributed by atoms with van der Waals surface area (Å²) in [5, 5.41) is 3.63. The highest BCUT2D eigenvalue weighted by molar-refractivity contribution is 6.31. The van der Waals surface area contributed by atoms with Crippen molar-refractivity contribution in [2.24, 2.45) is 17.8 Å². The Labute approximate surface area is 161 Å². The third-order valence-corrected chi connectivity index (χ3v) is 6.26. The molecule has 1 saturated heterocycles. The van der Waals surface area contributed by atoms with Crippen molar-refractivity contribution in [3.8, 4) is 0 Å². The van der Waals surface area contributed by atoms with Crippen LogP contribution in [0.3, 0.4) is 0 Å². The molecule has 1 heterocycles. The molecule has 26 heavy (non-hydrogen) atoms. The highest BCUT2D eigenvalue weighted by Gasteiger charge is 2.33. The topological polar surface area (TPSA) is 49.4 Å². The number of amides is 2. The molecule has 1 atom stereocenters. The molecule has 1 aliphatic carbocycles. The van der Waals surface area contributed by atoms with Gasteiger partial charge in [-0.05, 0) is 69.1 Å². The summed E-state index contributed by atoms with van der Waals surface area (Å²) in [6.07, 6.45) is 5.53. The number of benzene rings is 1. The number of likely N-dealkylation sites (tertiary alicyclic amines) is 1. The number of aryl methyl sites for hydroxylation is 1. The summed E-state index contributed by atoms with van der Waals surface area (Å²) in [5.41, 5.74) is 1.74. The van der Waals surface area contributed by atoms with Crippen LogP contribution in [0.4, 0.5) is 5.69 Å². The number of halogens is 1. The van der Waals surface area contributed by atoms with Crippen LogP contribution in [0, 0.1) is 24.7 Å². The molecular weight excluding hydrogens is 348 g/mol. The van der Waals surface area contributed by atoms with Gasteiger partial charge in [0.25, 0.3) is 0 Å². The smallest absolute Gasteiger partial charge is 0.227 e. The van der Waals surface area contributed by atoms with Crippen molar-refractivity contribution in [3.05, 3.63) is 28.8 Å². The molecule has 142 valence electrons. The highest BCUT2D eigenvalue weighted by atomic mass is 35.5. The standard InChI is InChI=1S/C21H29ClN2O2/c1-14-4-3-11-24(13-14)21(26)17-8-6-16(7-9-17)20(25)23-18-10-5-15(2)19(22)12-18/h5,10,12,14,16-17H,3-4,6-9,11,13H2,1-2H3,(H,23,25). The fourth-order valence-corrected chi connectivity index (χ4v) is 4.35. The summed E-state index contributed by atoms with van der Waals surface area (Å²) in [6.45, 7) is 5.96. The molecule has 1 saturated carbocycles. The predicted octanol–water partition coefficient (Wildman–Crippen LogP) is 4.65. The number of carbonyl (C=O) groups excluding carboxylic acids is 2. The molecule has 1 unspecified atom stereocenters. The maximum atomic E-state index is 12.7. The molecule has 1 aliphatic heterocycles. The van der Waals surface area contributed by atoms with Crippen molar-refractivity contribution in [2.45, 2.75) is 52.4 Å². The number of rotatable bonds is 3. The minimum atomic E-state index is -0.0144. The number of hydrogen-bond acceptors (Lipinski definition) is 2. The molecule has 2 amide bonds. The molecule has 0 aromatic heterocycles. The van der Waals surface area contributed by atoms with Gasteiger partial charge in [-0.2, -0.15) is 0 Å². The van der Waals surface area contributed by atoms with Crippen molar-refractivity contribution in [3.63, 3.8) is 0 Å². The average molecular weight is 377 g/mol. The van der Waals surface area contributed by atoms with Gasteiger partial charge in [0.05, 0.1) is 0 Å². The van der Waals surface area contributed by atoms with E-state index in [1.54, 1.807) is 6.07 Å². The SMILES string of the molecule is Cc1ccc(NC(=O)C2CCC(C(=O)N3CCCC(C)C3)CC2)cc1Cl. The molecule has 5 heteroatoms. The van der Waals surface area contributed by atoms with Gasteiger partial charge in [-0.3, -0.25) is 9.59 Å². The Morgan fingerprint density at radius 3 is 2.46 bits per heavy atom. The molecule has 0 spiro atoms. The predicted molar refractivity (Wildman–Crippen MR) is 105 cm³/mol. The molecule has 3 rings (SSSR count). The van der Waals surface area contributed by atoms with E-state index < -0.39 is 0 Å². The Kier molecular flexibility index (Phi) is 6.23. The van der Waals surface area contributed by atoms with E-state index in [0.717, 1.165) is 56.4 Å². The van der Waals surface area contributed by atoms with Gasteiger partial charge in [0.2, 0.25) is 11.8 Å². The summed E-state index contributed by atoms with van der Waals surface area (Å²) in [6, 6.07) is 5.58. The highest BCUT2D eigenvalue weighted by Crippen LogP contribution is 2.32. The average Bonchev–Trinajstić information content (AvgIpc) is 2.64. The molecule has 1 N–H and O–H groups in total. The minimum Gasteiger partial charge on any atom is -0.342 e. The largest absolute Gasteiger partial charge is 0.342 e. The summed E-state index contributed by atoms with van der Waals surface area (Å²) in [5.74, 6) is 1.04. The first-order chi connectivity index (χ1) is 12.4. The Balaban J connectivity index is 1.50. The third kappa shape index (κ3) is 4.59. The van der Waals surface area contributed by atoms with Gasteiger partial charge < -0.3 is 10.2 Å². The molecule has 0 radical (unpaired) electrons. The lowest BCUT2D eigenvalue weighted by Crippen LogP contribution is -2.43. The second-order valence-electron chi connectivity index (χ2n) is 8.03. The monoisotopic (exact) mass is 376 g/mol. The van der Waals surface area contributed by atoms with E-state index in [1.165, 1.54) is 6.42 Å². The lowest BCUT2D eigenvalue weighted by Gasteiger charge is -2.35. The van der Waals surface area contributed by atoms with E-state index in [9.17, 15) is 9.59 Å². The van der Waals surface area contributed by atoms with E-state index in [4.69, 9.17) is 11.6 Å². The van der Waals surface area contributed by atoms with E-state index >= 15 is 0 Å². The Morgan fingerprint density at radius 1 is 1.12 bits per heavy atom. The third-order valence-electron chi connectivity index (χ3n) is 5.86. The van der Waals surface area contributed by atoms with Gasteiger partial charge >= 0.3 is 0 Å². The van der Waals surface area contributed by atoms with Gasteiger partial charge in [0, 0.05) is 35.6 Å². The Bertz CT molecular complexity index is 668. The normalized spacial score (nSPS) is 26.4. The Morgan fingerprint density at radius 2 is 1.81 bits per heavy atom. The van der Waals surface area contributed by atoms with Crippen LogP contribution in [0.1, 0.15) is 51.0 Å². The first-order valence-electron chi connectivity index (χ1n) is 9.80. The summed E-state index contributed by atoms with van der Waals surface area (Å²) < 4.78 is 0. The van der Waals surface area contributed by atoms with E-state index in [1.807, 2.05) is 24.0 Å². The van der Waals surface area contributed by atoms with Crippen LogP contribution in [0.25, 0.3) is 0 Å². The zero-order valence-electron chi connectivity index (χ0n) is 15.8. The van der Waals surface area contributed by atoms with Crippen LogP contribution >= 0.6 is 11.6 Å². The number of hydrogen-bond donors (Lipinski definition) is 1. The van der Waals surface area contributed by atoms with E-state index in [-0.39, 0.29) is 17.7 Å². The fourth-order valence-electron chi connectivity index (χ4n) is 4.17. The lowest BCUT2D eigenvalue weighted by molar-refractivity contribution is -0.139. The van der Waals surface area contributed by atoms with E-state index in [2.05, 4.69) is 12.2 Å². The fraction of sp³-hybridized carbons (Fsp3) is 0.619. The lowest BCUT2D eigenvalue weighted by atomic mass is 9.80. The van der Waals surface area contributed by atoms with Crippen molar-refractivity contribution in [1.29, 1.82) is 0 Å². The second kappa shape index (κ2) is 8.43. The zero-order valence-corrected chi connectivity index (χ0v) is 16.5. The van der Waals surface area contributed by atoms with Crippen LogP contribution < -0.4 is 5.32 Å². The van der Waals surface area contributed by atoms with Crippen molar-refractivity contribution >= 4 is 29.1 Å². The van der Waals surface area contributed by atoms with Crippen LogP contribution in [0.15, 0.2) is 18.2 Å². The van der Waals surface area contributed by atoms with Gasteiger partial charge in [-0.25, -0.2) is 0 Å². The first-order valence-corrected chi connectivity index (χ1v) is 10.2. The summed E-state index contributed by atoms with van der Waals surface area (Å²) in [7, 11) is 0. The molecule has 2 fully saturated rings. The van der Waals surface area contributed by atoms with Crippen LogP contribution in [0.2, 0.25) is 5.02 Å². The summed E-state index contributed by atoms with van der Waals surface area (Å²) >= 11 is 6.13. The van der Waals surface area contributed by atoms with Gasteiger partial charge in [-0.1, -0.05) is 24.6 Å². The number of anilines is 1. The number of piperidine rings is 1. The van der Waals surface area contributed by atoms with Crippen molar-refractivity contribution in [1.82, 2.24) is 4.90 Å². The van der Waals surface area contributed by atoms with Crippen LogP contribution in [0.5, 0.6) is 0 Å². The number of nitrogens with one attached hydrogen (secondary N) is 1. The number of carbonyl (C=O) groups is 2. The van der Waals surface area contributed by atoms with Crippen molar-refractivity contribution in [2.75, 3.05) is 18.4 Å². The molecule has 4 nitrogen and oxygen atoms in total. The van der Waals surface area contributed by atoms with Gasteiger partial charge in [0.15, 0.2) is 0 Å². The minimum absolute atomic E-state index is 0.0144. The van der Waals surface area contributed by atoms with Crippen molar-refractivity contribution < 1.29 is 9.59 Å². The maximum Gasteiger partial charge on any atom is 0.227 e. The molecule has 1 aromatic rings. The molecule has 2 aliphatic rings. The van der Waals surface area contributed by atoms with Crippen LogP contribution in [-0.4, -0.2) is 29.8 Å². The Hall–Kier alpha value is -1.55. The van der Waals surface area contributed by atoms with Crippen LogP contribution in [-0.2, 0) is 9.59 Å². The second-order valence-corrected chi connectivity index (χ2v) is 8.44. The van der Waals surface area contributed by atoms with Gasteiger partial charge in [-0.15, -0.1) is 0 Å². The zero-order chi connectivity index (χ0) is 18.7.